The van der Waals surface area contributed by atoms with Gasteiger partial charge < -0.3 is 0 Å². The summed E-state index contributed by atoms with van der Waals surface area (Å²) in [4.78, 5) is 0. The molecule has 0 fully saturated rings. The van der Waals surface area contributed by atoms with Crippen molar-refractivity contribution in [3.05, 3.63) is 164 Å². The van der Waals surface area contributed by atoms with E-state index >= 15 is 0 Å². The van der Waals surface area contributed by atoms with Crippen LogP contribution < -0.4 is 21.2 Å². The van der Waals surface area contributed by atoms with Crippen LogP contribution in [0.4, 0.5) is 0 Å². The van der Waals surface area contributed by atoms with E-state index in [2.05, 4.69) is 143 Å². The standard InChI is InChI=1S/C43H25IN3/c45-26-27-16-20-30(21-17-27)46-38-13-5-2-9-32(38)35-24-28(18-22-40(35)46)29-19-23-41-36(25-29)33-10-3-6-14-39(33)47(41)42-15-7-11-34-31-8-1-4-12-37(31)44-43(34)42/h1-25H/q-1. The van der Waals surface area contributed by atoms with Crippen LogP contribution in [0.25, 0.3) is 77.2 Å². The van der Waals surface area contributed by atoms with E-state index in [1.54, 1.807) is 0 Å². The van der Waals surface area contributed by atoms with Gasteiger partial charge in [0, 0.05) is 5.69 Å². The Balaban J connectivity index is 1.16. The van der Waals surface area contributed by atoms with Crippen molar-refractivity contribution in [3.63, 3.8) is 0 Å². The Morgan fingerprint density at radius 1 is 0.468 bits per heavy atom. The second-order valence-corrected chi connectivity index (χ2v) is 14.8. The van der Waals surface area contributed by atoms with Crippen LogP contribution in [0.1, 0.15) is 5.56 Å². The van der Waals surface area contributed by atoms with E-state index in [1.165, 1.54) is 67.7 Å². The Bertz CT molecular complexity index is 2780. The van der Waals surface area contributed by atoms with Gasteiger partial charge in [-0.25, -0.2) is 0 Å². The van der Waals surface area contributed by atoms with Crippen LogP contribution in [0.5, 0.6) is 0 Å². The minimum atomic E-state index is -0.269. The van der Waals surface area contributed by atoms with Crippen molar-refractivity contribution in [2.75, 3.05) is 0 Å². The fraction of sp³-hybridized carbons (Fsp3) is 0. The van der Waals surface area contributed by atoms with E-state index < -0.39 is 0 Å². The zero-order valence-corrected chi connectivity index (χ0v) is 27.3. The van der Waals surface area contributed by atoms with E-state index in [4.69, 9.17) is 0 Å². The number of para-hydroxylation sites is 2. The van der Waals surface area contributed by atoms with Gasteiger partial charge in [-0.05, 0) is 30.3 Å². The van der Waals surface area contributed by atoms with Crippen molar-refractivity contribution < 1.29 is 21.2 Å². The molecule has 0 aliphatic carbocycles. The number of benzene rings is 7. The van der Waals surface area contributed by atoms with Crippen molar-refractivity contribution in [2.45, 2.75) is 0 Å². The molecule has 1 aliphatic heterocycles. The molecule has 0 spiro atoms. The van der Waals surface area contributed by atoms with Gasteiger partial charge in [0.1, 0.15) is 0 Å². The van der Waals surface area contributed by atoms with Gasteiger partial charge in [0.05, 0.1) is 11.6 Å². The summed E-state index contributed by atoms with van der Waals surface area (Å²) in [6.45, 7) is 0. The Kier molecular flexibility index (Phi) is 5.76. The Hall–Kier alpha value is -5.64. The fourth-order valence-electron chi connectivity index (χ4n) is 7.39. The van der Waals surface area contributed by atoms with Gasteiger partial charge in [0.25, 0.3) is 0 Å². The van der Waals surface area contributed by atoms with Crippen LogP contribution in [0.15, 0.2) is 152 Å². The SMILES string of the molecule is N#Cc1ccc(-n2c3ccccc3c3cc(-c4ccc5c(c4)c4ccccc4n5-c4cccc5c4[I-]c4ccccc4-5)ccc32)cc1. The third-order valence-corrected chi connectivity index (χ3v) is 12.7. The molecule has 0 amide bonds. The average molecular weight is 711 g/mol. The minimum absolute atomic E-state index is 0.269. The van der Waals surface area contributed by atoms with Gasteiger partial charge in [-0.1, -0.05) is 12.1 Å². The Labute approximate surface area is 281 Å². The average Bonchev–Trinajstić information content (AvgIpc) is 3.79. The number of hydrogen-bond acceptors (Lipinski definition) is 1. The first kappa shape index (κ1) is 26.6. The van der Waals surface area contributed by atoms with Crippen molar-refractivity contribution in [3.8, 4) is 39.7 Å². The topological polar surface area (TPSA) is 33.6 Å². The summed E-state index contributed by atoms with van der Waals surface area (Å²) < 4.78 is 7.80. The number of aromatic nitrogens is 2. The molecular weight excluding hydrogens is 685 g/mol. The number of nitriles is 1. The minimum Gasteiger partial charge on any atom is -0.0423 e. The molecule has 4 heteroatoms. The van der Waals surface area contributed by atoms with E-state index in [0.717, 1.165) is 16.7 Å². The molecule has 0 unspecified atom stereocenters. The normalized spacial score (nSPS) is 12.3. The van der Waals surface area contributed by atoms with Crippen molar-refractivity contribution in [1.29, 1.82) is 5.26 Å². The molecule has 0 radical (unpaired) electrons. The Morgan fingerprint density at radius 3 is 1.74 bits per heavy atom. The first-order valence-electron chi connectivity index (χ1n) is 15.7. The van der Waals surface area contributed by atoms with E-state index in [1.807, 2.05) is 24.3 Å². The molecule has 3 nitrogen and oxygen atoms in total. The fourth-order valence-corrected chi connectivity index (χ4v) is 10.6. The van der Waals surface area contributed by atoms with Gasteiger partial charge in [0.15, 0.2) is 0 Å². The molecule has 2 aromatic heterocycles. The maximum atomic E-state index is 9.34. The number of fused-ring (bicyclic) bond motifs is 9. The second kappa shape index (κ2) is 10.2. The molecule has 9 aromatic rings. The molecule has 0 saturated carbocycles. The molecule has 0 atom stereocenters. The van der Waals surface area contributed by atoms with Gasteiger partial charge >= 0.3 is 218 Å². The van der Waals surface area contributed by atoms with Crippen molar-refractivity contribution in [1.82, 2.24) is 9.13 Å². The Morgan fingerprint density at radius 2 is 1.04 bits per heavy atom. The summed E-state index contributed by atoms with van der Waals surface area (Å²) in [6, 6.07) is 57.0. The van der Waals surface area contributed by atoms with Crippen LogP contribution in [0.3, 0.4) is 0 Å². The number of nitrogens with zero attached hydrogens (tertiary/aromatic N) is 3. The summed E-state index contributed by atoms with van der Waals surface area (Å²) in [5, 5.41) is 14.3. The first-order chi connectivity index (χ1) is 23.3. The van der Waals surface area contributed by atoms with Gasteiger partial charge in [-0.2, -0.15) is 5.26 Å². The summed E-state index contributed by atoms with van der Waals surface area (Å²) in [6.07, 6.45) is 0. The summed E-state index contributed by atoms with van der Waals surface area (Å²) in [5.74, 6) is 0. The smallest absolute Gasteiger partial charge is 0.0367 e. The number of halogens is 1. The molecule has 0 saturated heterocycles. The molecule has 47 heavy (non-hydrogen) atoms. The van der Waals surface area contributed by atoms with Crippen LogP contribution in [0.2, 0.25) is 0 Å². The number of hydrogen-bond donors (Lipinski definition) is 0. The predicted octanol–water partition coefficient (Wildman–Crippen LogP) is 7.53. The molecule has 10 rings (SSSR count). The quantitative estimate of drug-likeness (QED) is 0.175. The number of rotatable bonds is 3. The van der Waals surface area contributed by atoms with Crippen LogP contribution in [-0.2, 0) is 0 Å². The van der Waals surface area contributed by atoms with Gasteiger partial charge in [-0.15, -0.1) is 0 Å². The van der Waals surface area contributed by atoms with Gasteiger partial charge in [-0.3, -0.25) is 0 Å². The van der Waals surface area contributed by atoms with Gasteiger partial charge in [0.2, 0.25) is 0 Å². The van der Waals surface area contributed by atoms with Crippen LogP contribution in [-0.4, -0.2) is 9.13 Å². The summed E-state index contributed by atoms with van der Waals surface area (Å²) in [5.41, 5.74) is 13.0. The van der Waals surface area contributed by atoms with Crippen LogP contribution >= 0.6 is 0 Å². The molecule has 3 heterocycles. The van der Waals surface area contributed by atoms with Crippen molar-refractivity contribution in [2.24, 2.45) is 0 Å². The molecule has 0 N–H and O–H groups in total. The molecule has 0 bridgehead atoms. The first-order valence-corrected chi connectivity index (χ1v) is 17.9. The molecule has 7 aromatic carbocycles. The maximum absolute atomic E-state index is 9.34. The van der Waals surface area contributed by atoms with Crippen LogP contribution in [0, 0.1) is 18.5 Å². The molecule has 1 aliphatic rings. The third kappa shape index (κ3) is 3.90. The monoisotopic (exact) mass is 710 g/mol. The maximum Gasteiger partial charge on any atom is -0.0367 e. The summed E-state index contributed by atoms with van der Waals surface area (Å²) >= 11 is -0.269. The zero-order chi connectivity index (χ0) is 31.1. The summed E-state index contributed by atoms with van der Waals surface area (Å²) in [7, 11) is 0. The largest absolute Gasteiger partial charge is 0.0423 e. The third-order valence-electron chi connectivity index (χ3n) is 9.51. The molecule has 220 valence electrons. The zero-order valence-electron chi connectivity index (χ0n) is 25.2. The predicted molar refractivity (Wildman–Crippen MR) is 188 cm³/mol. The molecular formula is C43H25IN3-. The van der Waals surface area contributed by atoms with E-state index in [-0.39, 0.29) is 21.2 Å². The van der Waals surface area contributed by atoms with E-state index in [0.29, 0.717) is 5.56 Å². The van der Waals surface area contributed by atoms with Crippen molar-refractivity contribution >= 4 is 43.6 Å². The second-order valence-electron chi connectivity index (χ2n) is 12.0. The van der Waals surface area contributed by atoms with E-state index in [9.17, 15) is 5.26 Å².